The van der Waals surface area contributed by atoms with E-state index in [9.17, 15) is 4.79 Å². The number of aryl methyl sites for hydroxylation is 1. The standard InChI is InChI=1S/C13H14N2O3S/c1-2-11-14-12(18-15-11)8-19-10-5-3-9(4-6-10)7-13(16)17/h3-6H,2,7-8H2,1H3,(H,16,17). The van der Waals surface area contributed by atoms with Crippen molar-refractivity contribution in [1.82, 2.24) is 10.1 Å². The molecule has 1 aromatic heterocycles. The molecule has 19 heavy (non-hydrogen) atoms. The Morgan fingerprint density at radius 3 is 2.68 bits per heavy atom. The molecule has 0 aliphatic carbocycles. The minimum atomic E-state index is -0.821. The van der Waals surface area contributed by atoms with Gasteiger partial charge in [-0.3, -0.25) is 4.79 Å². The van der Waals surface area contributed by atoms with Gasteiger partial charge in [-0.25, -0.2) is 0 Å². The molecule has 0 radical (unpaired) electrons. The second kappa shape index (κ2) is 6.38. The molecule has 0 amide bonds. The number of carboxylic acid groups (broad SMARTS) is 1. The number of hydrogen-bond donors (Lipinski definition) is 1. The number of aliphatic carboxylic acids is 1. The Kier molecular flexibility index (Phi) is 4.57. The van der Waals surface area contributed by atoms with Gasteiger partial charge in [0, 0.05) is 11.3 Å². The molecule has 0 spiro atoms. The Morgan fingerprint density at radius 2 is 2.11 bits per heavy atom. The van der Waals surface area contributed by atoms with Gasteiger partial charge >= 0.3 is 5.97 Å². The zero-order valence-corrected chi connectivity index (χ0v) is 11.3. The van der Waals surface area contributed by atoms with Crippen LogP contribution in [-0.4, -0.2) is 21.2 Å². The third kappa shape index (κ3) is 4.10. The van der Waals surface area contributed by atoms with Crippen molar-refractivity contribution in [3.63, 3.8) is 0 Å². The van der Waals surface area contributed by atoms with Gasteiger partial charge in [-0.05, 0) is 17.7 Å². The molecule has 0 saturated carbocycles. The lowest BCUT2D eigenvalue weighted by Gasteiger charge is -2.00. The molecular weight excluding hydrogens is 264 g/mol. The maximum absolute atomic E-state index is 10.6. The van der Waals surface area contributed by atoms with Gasteiger partial charge in [0.15, 0.2) is 5.82 Å². The lowest BCUT2D eigenvalue weighted by atomic mass is 10.2. The first-order valence-electron chi connectivity index (χ1n) is 5.92. The number of carboxylic acids is 1. The predicted molar refractivity (Wildman–Crippen MR) is 71.0 cm³/mol. The minimum absolute atomic E-state index is 0.0501. The van der Waals surface area contributed by atoms with Crippen molar-refractivity contribution in [3.05, 3.63) is 41.5 Å². The van der Waals surface area contributed by atoms with Gasteiger partial charge in [0.1, 0.15) is 0 Å². The van der Waals surface area contributed by atoms with Gasteiger partial charge < -0.3 is 9.63 Å². The second-order valence-electron chi connectivity index (χ2n) is 3.96. The summed E-state index contributed by atoms with van der Waals surface area (Å²) in [6.45, 7) is 1.98. The van der Waals surface area contributed by atoms with Crippen LogP contribution in [0.1, 0.15) is 24.2 Å². The summed E-state index contributed by atoms with van der Waals surface area (Å²) < 4.78 is 5.09. The van der Waals surface area contributed by atoms with E-state index in [1.54, 1.807) is 11.8 Å². The zero-order chi connectivity index (χ0) is 13.7. The van der Waals surface area contributed by atoms with E-state index >= 15 is 0 Å². The first-order valence-corrected chi connectivity index (χ1v) is 6.91. The van der Waals surface area contributed by atoms with Crippen LogP contribution in [-0.2, 0) is 23.4 Å². The number of carbonyl (C=O) groups is 1. The van der Waals surface area contributed by atoms with Crippen LogP contribution in [0.2, 0.25) is 0 Å². The molecule has 0 atom stereocenters. The van der Waals surface area contributed by atoms with E-state index in [0.29, 0.717) is 17.5 Å². The highest BCUT2D eigenvalue weighted by Crippen LogP contribution is 2.22. The van der Waals surface area contributed by atoms with E-state index in [-0.39, 0.29) is 6.42 Å². The Hall–Kier alpha value is -1.82. The smallest absolute Gasteiger partial charge is 0.307 e. The van der Waals surface area contributed by atoms with Gasteiger partial charge in [-0.2, -0.15) is 4.98 Å². The molecule has 0 unspecified atom stereocenters. The summed E-state index contributed by atoms with van der Waals surface area (Å²) >= 11 is 1.58. The van der Waals surface area contributed by atoms with Gasteiger partial charge in [-0.15, -0.1) is 11.8 Å². The average Bonchev–Trinajstić information content (AvgIpc) is 2.85. The summed E-state index contributed by atoms with van der Waals surface area (Å²) in [6, 6.07) is 7.45. The van der Waals surface area contributed by atoms with E-state index in [4.69, 9.17) is 9.63 Å². The number of nitrogens with zero attached hydrogens (tertiary/aromatic N) is 2. The van der Waals surface area contributed by atoms with Gasteiger partial charge in [0.25, 0.3) is 0 Å². The molecule has 0 fully saturated rings. The Balaban J connectivity index is 1.90. The second-order valence-corrected chi connectivity index (χ2v) is 5.01. The van der Waals surface area contributed by atoms with Crippen molar-refractivity contribution in [3.8, 4) is 0 Å². The summed E-state index contributed by atoms with van der Waals surface area (Å²) in [7, 11) is 0. The number of thioether (sulfide) groups is 1. The molecule has 6 heteroatoms. The minimum Gasteiger partial charge on any atom is -0.481 e. The molecule has 0 aliphatic heterocycles. The molecule has 0 saturated heterocycles. The Morgan fingerprint density at radius 1 is 1.37 bits per heavy atom. The summed E-state index contributed by atoms with van der Waals surface area (Å²) in [5.41, 5.74) is 0.794. The number of rotatable bonds is 6. The molecule has 2 aromatic rings. The van der Waals surface area contributed by atoms with Crippen LogP contribution < -0.4 is 0 Å². The van der Waals surface area contributed by atoms with Gasteiger partial charge in [-0.1, -0.05) is 24.2 Å². The molecule has 0 bridgehead atoms. The number of hydrogen-bond acceptors (Lipinski definition) is 5. The SMILES string of the molecule is CCc1noc(CSc2ccc(CC(=O)O)cc2)n1. The van der Waals surface area contributed by atoms with Crippen LogP contribution in [0.25, 0.3) is 0 Å². The third-order valence-electron chi connectivity index (χ3n) is 2.47. The normalized spacial score (nSPS) is 10.6. The molecule has 1 aromatic carbocycles. The quantitative estimate of drug-likeness (QED) is 0.818. The highest BCUT2D eigenvalue weighted by molar-refractivity contribution is 7.98. The maximum atomic E-state index is 10.6. The fourth-order valence-electron chi connectivity index (χ4n) is 1.52. The maximum Gasteiger partial charge on any atom is 0.307 e. The first-order chi connectivity index (χ1) is 9.17. The van der Waals surface area contributed by atoms with E-state index in [2.05, 4.69) is 10.1 Å². The van der Waals surface area contributed by atoms with Crippen molar-refractivity contribution < 1.29 is 14.4 Å². The molecule has 2 rings (SSSR count). The highest BCUT2D eigenvalue weighted by Gasteiger charge is 2.06. The molecule has 100 valence electrons. The third-order valence-corrected chi connectivity index (χ3v) is 3.46. The van der Waals surface area contributed by atoms with Gasteiger partial charge in [0.2, 0.25) is 5.89 Å². The molecule has 0 aliphatic rings. The lowest BCUT2D eigenvalue weighted by Crippen LogP contribution is -1.99. The van der Waals surface area contributed by atoms with E-state index in [1.165, 1.54) is 0 Å². The topological polar surface area (TPSA) is 76.2 Å². The fraction of sp³-hybridized carbons (Fsp3) is 0.308. The summed E-state index contributed by atoms with van der Waals surface area (Å²) in [4.78, 5) is 15.8. The highest BCUT2D eigenvalue weighted by atomic mass is 32.2. The van der Waals surface area contributed by atoms with Crippen LogP contribution in [0.15, 0.2) is 33.7 Å². The Bertz CT molecular complexity index is 551. The predicted octanol–water partition coefficient (Wildman–Crippen LogP) is 2.55. The molecular formula is C13H14N2O3S. The van der Waals surface area contributed by atoms with Crippen LogP contribution in [0, 0.1) is 0 Å². The largest absolute Gasteiger partial charge is 0.481 e. The van der Waals surface area contributed by atoms with Crippen LogP contribution in [0.5, 0.6) is 0 Å². The van der Waals surface area contributed by atoms with E-state index in [0.717, 1.165) is 16.9 Å². The van der Waals surface area contributed by atoms with Gasteiger partial charge in [0.05, 0.1) is 12.2 Å². The summed E-state index contributed by atoms with van der Waals surface area (Å²) in [5, 5.41) is 12.5. The van der Waals surface area contributed by atoms with Crippen molar-refractivity contribution in [2.45, 2.75) is 30.4 Å². The number of aromatic nitrogens is 2. The fourth-order valence-corrected chi connectivity index (χ4v) is 2.25. The van der Waals surface area contributed by atoms with E-state index < -0.39 is 5.97 Å². The number of benzene rings is 1. The van der Waals surface area contributed by atoms with Crippen molar-refractivity contribution in [1.29, 1.82) is 0 Å². The van der Waals surface area contributed by atoms with Crippen molar-refractivity contribution >= 4 is 17.7 Å². The van der Waals surface area contributed by atoms with Crippen LogP contribution in [0.3, 0.4) is 0 Å². The average molecular weight is 278 g/mol. The summed E-state index contributed by atoms with van der Waals surface area (Å²) in [6.07, 6.45) is 0.812. The van der Waals surface area contributed by atoms with Crippen LogP contribution in [0.4, 0.5) is 0 Å². The zero-order valence-electron chi connectivity index (χ0n) is 10.5. The monoisotopic (exact) mass is 278 g/mol. The molecule has 5 nitrogen and oxygen atoms in total. The molecule has 1 N–H and O–H groups in total. The van der Waals surface area contributed by atoms with E-state index in [1.807, 2.05) is 31.2 Å². The summed E-state index contributed by atoms with van der Waals surface area (Å²) in [5.74, 6) is 1.12. The Labute approximate surface area is 115 Å². The van der Waals surface area contributed by atoms with Crippen LogP contribution >= 0.6 is 11.8 Å². The first kappa shape index (κ1) is 13.6. The lowest BCUT2D eigenvalue weighted by molar-refractivity contribution is -0.136. The molecule has 1 heterocycles. The van der Waals surface area contributed by atoms with Crippen molar-refractivity contribution in [2.75, 3.05) is 0 Å². The van der Waals surface area contributed by atoms with Crippen molar-refractivity contribution in [2.24, 2.45) is 0 Å².